The molecule has 0 aliphatic rings. The lowest BCUT2D eigenvalue weighted by Crippen LogP contribution is -2.46. The highest BCUT2D eigenvalue weighted by molar-refractivity contribution is 7.47. The maximum atomic E-state index is 13.0. The molecular formula is C65H134N2O6P+. The van der Waals surface area contributed by atoms with Crippen molar-refractivity contribution < 1.29 is 32.9 Å². The van der Waals surface area contributed by atoms with Gasteiger partial charge in [0.1, 0.15) is 13.2 Å². The van der Waals surface area contributed by atoms with E-state index in [1.807, 2.05) is 21.1 Å². The van der Waals surface area contributed by atoms with Gasteiger partial charge in [-0.05, 0) is 12.8 Å². The van der Waals surface area contributed by atoms with Crippen LogP contribution in [0, 0.1) is 0 Å². The number of carbonyl (C=O) groups is 1. The molecule has 0 aliphatic heterocycles. The third-order valence-corrected chi connectivity index (χ3v) is 16.8. The Bertz CT molecular complexity index is 1170. The van der Waals surface area contributed by atoms with Crippen molar-refractivity contribution in [2.45, 2.75) is 373 Å². The Morgan fingerprint density at radius 1 is 0.405 bits per heavy atom. The minimum Gasteiger partial charge on any atom is -0.391 e. The van der Waals surface area contributed by atoms with Crippen LogP contribution in [0.5, 0.6) is 0 Å². The Morgan fingerprint density at radius 2 is 0.649 bits per heavy atom. The number of phosphoric acid groups is 1. The van der Waals surface area contributed by atoms with Crippen LogP contribution >= 0.6 is 7.82 Å². The average Bonchev–Trinajstić information content (AvgIpc) is 3.36. The van der Waals surface area contributed by atoms with E-state index < -0.39 is 20.0 Å². The van der Waals surface area contributed by atoms with Gasteiger partial charge in [-0.1, -0.05) is 341 Å². The van der Waals surface area contributed by atoms with E-state index in [-0.39, 0.29) is 19.1 Å². The number of phosphoric ester groups is 1. The number of nitrogens with one attached hydrogen (secondary N) is 1. The number of unbranched alkanes of at least 4 members (excludes halogenated alkanes) is 50. The van der Waals surface area contributed by atoms with Crippen molar-refractivity contribution in [3.05, 3.63) is 0 Å². The number of hydrogen-bond acceptors (Lipinski definition) is 5. The van der Waals surface area contributed by atoms with Crippen LogP contribution in [0.3, 0.4) is 0 Å². The van der Waals surface area contributed by atoms with Crippen LogP contribution in [0.25, 0.3) is 0 Å². The minimum absolute atomic E-state index is 0.0793. The van der Waals surface area contributed by atoms with Gasteiger partial charge in [0.2, 0.25) is 5.91 Å². The number of likely N-dealkylation sites (N-methyl/N-ethyl adjacent to an activating group) is 1. The first-order valence-corrected chi connectivity index (χ1v) is 34.9. The van der Waals surface area contributed by atoms with Crippen molar-refractivity contribution in [1.29, 1.82) is 0 Å². The van der Waals surface area contributed by atoms with Crippen LogP contribution in [0.1, 0.15) is 361 Å². The summed E-state index contributed by atoms with van der Waals surface area (Å²) >= 11 is 0. The van der Waals surface area contributed by atoms with E-state index in [1.165, 1.54) is 295 Å². The van der Waals surface area contributed by atoms with E-state index in [9.17, 15) is 19.4 Å². The first-order chi connectivity index (χ1) is 36.0. The molecular weight excluding hydrogens is 936 g/mol. The fraction of sp³-hybridized carbons (Fsp3) is 0.985. The molecule has 74 heavy (non-hydrogen) atoms. The molecule has 0 radical (unpaired) electrons. The predicted octanol–water partition coefficient (Wildman–Crippen LogP) is 20.8. The lowest BCUT2D eigenvalue weighted by molar-refractivity contribution is -0.870. The highest BCUT2D eigenvalue weighted by atomic mass is 31.2. The van der Waals surface area contributed by atoms with Gasteiger partial charge < -0.3 is 19.8 Å². The maximum absolute atomic E-state index is 13.0. The molecule has 1 amide bonds. The summed E-state index contributed by atoms with van der Waals surface area (Å²) in [4.78, 5) is 23.4. The molecule has 8 nitrogen and oxygen atoms in total. The SMILES string of the molecule is CCCCCCCCCCCCCCCCCCCCCCCCCCCCCCCCCCCCC(=O)NC(COP(=O)(O)OCC[N+](C)(C)C)C(O)CCCCCCCCCCCCCCCCCCCC. The number of rotatable bonds is 63. The van der Waals surface area contributed by atoms with Gasteiger partial charge in [0.15, 0.2) is 0 Å². The largest absolute Gasteiger partial charge is 0.472 e. The van der Waals surface area contributed by atoms with Crippen LogP contribution in [0.4, 0.5) is 0 Å². The van der Waals surface area contributed by atoms with Gasteiger partial charge in [-0.3, -0.25) is 13.8 Å². The molecule has 0 aromatic heterocycles. The Labute approximate surface area is 463 Å². The lowest BCUT2D eigenvalue weighted by Gasteiger charge is -2.26. The topological polar surface area (TPSA) is 105 Å². The number of nitrogens with zero attached hydrogens (tertiary/aromatic N) is 1. The molecule has 0 heterocycles. The molecule has 3 atom stereocenters. The van der Waals surface area contributed by atoms with Crippen molar-refractivity contribution in [3.8, 4) is 0 Å². The van der Waals surface area contributed by atoms with Gasteiger partial charge >= 0.3 is 7.82 Å². The summed E-state index contributed by atoms with van der Waals surface area (Å²) < 4.78 is 23.8. The fourth-order valence-corrected chi connectivity index (χ4v) is 11.4. The first kappa shape index (κ1) is 73.5. The molecule has 9 heteroatoms. The van der Waals surface area contributed by atoms with Gasteiger partial charge in [0, 0.05) is 6.42 Å². The number of aliphatic hydroxyl groups is 1. The zero-order valence-corrected chi connectivity index (χ0v) is 51.8. The summed E-state index contributed by atoms with van der Waals surface area (Å²) in [6.45, 7) is 4.96. The van der Waals surface area contributed by atoms with Gasteiger partial charge in [0.25, 0.3) is 0 Å². The summed E-state index contributed by atoms with van der Waals surface area (Å²) in [5.74, 6) is -0.134. The van der Waals surface area contributed by atoms with Crippen molar-refractivity contribution >= 4 is 13.7 Å². The zero-order valence-electron chi connectivity index (χ0n) is 50.9. The normalized spacial score (nSPS) is 13.7. The van der Waals surface area contributed by atoms with Gasteiger partial charge in [-0.2, -0.15) is 0 Å². The number of hydrogen-bond donors (Lipinski definition) is 3. The second-order valence-corrected chi connectivity index (χ2v) is 26.0. The van der Waals surface area contributed by atoms with Gasteiger partial charge in [0.05, 0.1) is 39.9 Å². The fourth-order valence-electron chi connectivity index (χ4n) is 10.6. The highest BCUT2D eigenvalue weighted by Gasteiger charge is 2.28. The van der Waals surface area contributed by atoms with E-state index >= 15 is 0 Å². The quantitative estimate of drug-likeness (QED) is 0.0318. The monoisotopic (exact) mass is 1070 g/mol. The second kappa shape index (κ2) is 57.2. The van der Waals surface area contributed by atoms with Crippen molar-refractivity contribution in [2.24, 2.45) is 0 Å². The smallest absolute Gasteiger partial charge is 0.391 e. The van der Waals surface area contributed by atoms with E-state index in [0.29, 0.717) is 23.9 Å². The summed E-state index contributed by atoms with van der Waals surface area (Å²) in [5, 5.41) is 14.1. The Hall–Kier alpha value is -0.500. The Kier molecular flexibility index (Phi) is 56.8. The van der Waals surface area contributed by atoms with Crippen LogP contribution in [-0.2, 0) is 18.4 Å². The van der Waals surface area contributed by atoms with Gasteiger partial charge in [-0.25, -0.2) is 4.57 Å². The summed E-state index contributed by atoms with van der Waals surface area (Å²) in [6, 6.07) is -0.756. The molecule has 0 fully saturated rings. The van der Waals surface area contributed by atoms with Crippen molar-refractivity contribution in [2.75, 3.05) is 40.9 Å². The molecule has 444 valence electrons. The Morgan fingerprint density at radius 3 is 0.905 bits per heavy atom. The number of amides is 1. The van der Waals surface area contributed by atoms with E-state index in [4.69, 9.17) is 9.05 Å². The number of quaternary nitrogens is 1. The van der Waals surface area contributed by atoms with E-state index in [2.05, 4.69) is 19.2 Å². The number of carbonyl (C=O) groups excluding carboxylic acids is 1. The molecule has 0 aliphatic carbocycles. The average molecular weight is 1070 g/mol. The maximum Gasteiger partial charge on any atom is 0.472 e. The van der Waals surface area contributed by atoms with Crippen LogP contribution in [0.2, 0.25) is 0 Å². The number of aliphatic hydroxyl groups excluding tert-OH is 1. The van der Waals surface area contributed by atoms with Crippen molar-refractivity contribution in [1.82, 2.24) is 5.32 Å². The first-order valence-electron chi connectivity index (χ1n) is 33.4. The molecule has 0 saturated carbocycles. The summed E-state index contributed by atoms with van der Waals surface area (Å²) in [6.07, 6.45) is 70.6. The molecule has 0 rings (SSSR count). The molecule has 0 spiro atoms. The van der Waals surface area contributed by atoms with E-state index in [1.54, 1.807) is 0 Å². The summed E-state index contributed by atoms with van der Waals surface area (Å²) in [7, 11) is 1.64. The zero-order chi connectivity index (χ0) is 54.2. The second-order valence-electron chi connectivity index (χ2n) is 24.6. The minimum atomic E-state index is -4.32. The molecule has 0 bridgehead atoms. The molecule has 0 saturated heterocycles. The predicted molar refractivity (Wildman–Crippen MR) is 323 cm³/mol. The third kappa shape index (κ3) is 59.2. The van der Waals surface area contributed by atoms with Crippen LogP contribution in [-0.4, -0.2) is 73.4 Å². The molecule has 3 N–H and O–H groups in total. The lowest BCUT2D eigenvalue weighted by atomic mass is 10.0. The van der Waals surface area contributed by atoms with Crippen molar-refractivity contribution in [3.63, 3.8) is 0 Å². The van der Waals surface area contributed by atoms with Crippen LogP contribution in [0.15, 0.2) is 0 Å². The van der Waals surface area contributed by atoms with Gasteiger partial charge in [-0.15, -0.1) is 0 Å². The molecule has 0 aromatic rings. The molecule has 3 unspecified atom stereocenters. The van der Waals surface area contributed by atoms with E-state index in [0.717, 1.165) is 38.5 Å². The summed E-state index contributed by atoms with van der Waals surface area (Å²) in [5.41, 5.74) is 0. The van der Waals surface area contributed by atoms with Crippen LogP contribution < -0.4 is 5.32 Å². The molecule has 0 aromatic carbocycles. The standard InChI is InChI=1S/C65H133N2O6P/c1-6-8-10-12-14-16-18-20-22-24-26-27-28-29-30-31-32-33-34-35-36-37-38-39-40-41-43-45-47-49-51-53-55-57-59-65(69)66-63(62-73-74(70,71)72-61-60-67(3,4)5)64(68)58-56-54-52-50-48-46-44-42-25-23-21-19-17-15-13-11-9-7-2/h63-64,68H,6-62H2,1-5H3,(H-,66,69,70,71)/p+1. The Balaban J connectivity index is 3.93. The highest BCUT2D eigenvalue weighted by Crippen LogP contribution is 2.43. The third-order valence-electron chi connectivity index (χ3n) is 15.9.